The minimum absolute atomic E-state index is 0.144. The first-order chi connectivity index (χ1) is 5.38. The maximum Gasteiger partial charge on any atom is 0.188 e. The summed E-state index contributed by atoms with van der Waals surface area (Å²) in [5.41, 5.74) is 1.05. The molecule has 0 radical (unpaired) electrons. The normalized spacial score (nSPS) is 16.0. The van der Waals surface area contributed by atoms with Crippen molar-refractivity contribution >= 4 is 0 Å². The summed E-state index contributed by atoms with van der Waals surface area (Å²) in [5, 5.41) is 0. The molecule has 0 aromatic carbocycles. The second-order valence-corrected chi connectivity index (χ2v) is 2.89. The lowest BCUT2D eigenvalue weighted by atomic mass is 9.97. The van der Waals surface area contributed by atoms with E-state index in [1.54, 1.807) is 0 Å². The van der Waals surface area contributed by atoms with Crippen LogP contribution >= 0.6 is 0 Å². The lowest BCUT2D eigenvalue weighted by molar-refractivity contribution is 0.452. The Kier molecular flexibility index (Phi) is 1.53. The summed E-state index contributed by atoms with van der Waals surface area (Å²) in [4.78, 5) is 11.2. The van der Waals surface area contributed by atoms with E-state index < -0.39 is 0 Å². The summed E-state index contributed by atoms with van der Waals surface area (Å²) >= 11 is 0. The van der Waals surface area contributed by atoms with Gasteiger partial charge in [0.05, 0.1) is 6.26 Å². The lowest BCUT2D eigenvalue weighted by Crippen LogP contribution is -2.14. The zero-order valence-electron chi connectivity index (χ0n) is 6.30. The van der Waals surface area contributed by atoms with Gasteiger partial charge in [-0.3, -0.25) is 4.79 Å². The number of hydrogen-bond acceptors (Lipinski definition) is 2. The van der Waals surface area contributed by atoms with Crippen molar-refractivity contribution in [2.45, 2.75) is 25.7 Å². The Morgan fingerprint density at radius 3 is 2.91 bits per heavy atom. The number of rotatable bonds is 0. The fourth-order valence-electron chi connectivity index (χ4n) is 1.55. The third-order valence-electron chi connectivity index (χ3n) is 2.14. The Balaban J connectivity index is 2.58. The zero-order chi connectivity index (χ0) is 7.68. The van der Waals surface area contributed by atoms with Gasteiger partial charge in [0.15, 0.2) is 5.43 Å². The molecule has 0 aliphatic heterocycles. The molecule has 1 aromatic rings. The molecule has 2 nitrogen and oxygen atoms in total. The van der Waals surface area contributed by atoms with Gasteiger partial charge in [0.25, 0.3) is 0 Å². The Morgan fingerprint density at radius 2 is 2.09 bits per heavy atom. The van der Waals surface area contributed by atoms with Crippen LogP contribution in [0.4, 0.5) is 0 Å². The van der Waals surface area contributed by atoms with Gasteiger partial charge >= 0.3 is 0 Å². The summed E-state index contributed by atoms with van der Waals surface area (Å²) < 4.78 is 5.23. The van der Waals surface area contributed by atoms with Gasteiger partial charge in [0, 0.05) is 18.1 Å². The minimum atomic E-state index is 0.144. The van der Waals surface area contributed by atoms with Gasteiger partial charge in [-0.1, -0.05) is 0 Å². The highest BCUT2D eigenvalue weighted by Gasteiger charge is 2.12. The number of aryl methyl sites for hydroxylation is 1. The molecular formula is C9H10O2. The van der Waals surface area contributed by atoms with Crippen molar-refractivity contribution in [3.05, 3.63) is 33.9 Å². The number of fused-ring (bicyclic) bond motifs is 1. The van der Waals surface area contributed by atoms with Gasteiger partial charge in [-0.15, -0.1) is 0 Å². The molecule has 0 saturated heterocycles. The van der Waals surface area contributed by atoms with E-state index in [9.17, 15) is 4.79 Å². The van der Waals surface area contributed by atoms with E-state index in [4.69, 9.17) is 4.42 Å². The van der Waals surface area contributed by atoms with Crippen molar-refractivity contribution in [3.8, 4) is 0 Å². The first-order valence-electron chi connectivity index (χ1n) is 3.97. The molecule has 0 unspecified atom stereocenters. The average molecular weight is 150 g/mol. The Morgan fingerprint density at radius 1 is 1.27 bits per heavy atom. The van der Waals surface area contributed by atoms with Crippen LogP contribution in [-0.4, -0.2) is 0 Å². The predicted molar refractivity (Wildman–Crippen MR) is 41.6 cm³/mol. The highest BCUT2D eigenvalue weighted by Crippen LogP contribution is 2.16. The van der Waals surface area contributed by atoms with E-state index in [-0.39, 0.29) is 5.43 Å². The quantitative estimate of drug-likeness (QED) is 0.561. The SMILES string of the molecule is O=c1ccoc2c1CCCC2. The van der Waals surface area contributed by atoms with Crippen LogP contribution < -0.4 is 5.43 Å². The fraction of sp³-hybridized carbons (Fsp3) is 0.444. The van der Waals surface area contributed by atoms with Gasteiger partial charge in [-0.25, -0.2) is 0 Å². The molecule has 0 spiro atoms. The standard InChI is InChI=1S/C9H10O2/c10-8-5-6-11-9-4-2-1-3-7(8)9/h5-6H,1-4H2. The first-order valence-corrected chi connectivity index (χ1v) is 3.97. The maximum absolute atomic E-state index is 11.2. The summed E-state index contributed by atoms with van der Waals surface area (Å²) in [6.07, 6.45) is 5.61. The second kappa shape index (κ2) is 2.53. The van der Waals surface area contributed by atoms with E-state index in [1.807, 2.05) is 0 Å². The third-order valence-corrected chi connectivity index (χ3v) is 2.14. The van der Waals surface area contributed by atoms with Gasteiger partial charge in [-0.2, -0.15) is 0 Å². The molecule has 1 aromatic heterocycles. The third kappa shape index (κ3) is 1.09. The summed E-state index contributed by atoms with van der Waals surface area (Å²) in [6.45, 7) is 0. The summed E-state index contributed by atoms with van der Waals surface area (Å²) in [5.74, 6) is 0.906. The average Bonchev–Trinajstić information content (AvgIpc) is 2.06. The van der Waals surface area contributed by atoms with Crippen LogP contribution in [0.2, 0.25) is 0 Å². The monoisotopic (exact) mass is 150 g/mol. The van der Waals surface area contributed by atoms with Crippen LogP contribution in [0.3, 0.4) is 0 Å². The number of hydrogen-bond donors (Lipinski definition) is 0. The smallest absolute Gasteiger partial charge is 0.188 e. The van der Waals surface area contributed by atoms with Crippen LogP contribution in [0, 0.1) is 0 Å². The molecular weight excluding hydrogens is 140 g/mol. The molecule has 0 fully saturated rings. The Bertz CT molecular complexity index is 312. The summed E-state index contributed by atoms with van der Waals surface area (Å²) in [7, 11) is 0. The van der Waals surface area contributed by atoms with Crippen molar-refractivity contribution in [2.24, 2.45) is 0 Å². The van der Waals surface area contributed by atoms with Crippen molar-refractivity contribution in [1.82, 2.24) is 0 Å². The molecule has 0 saturated carbocycles. The molecule has 2 rings (SSSR count). The van der Waals surface area contributed by atoms with Crippen LogP contribution in [0.1, 0.15) is 24.2 Å². The maximum atomic E-state index is 11.2. The molecule has 0 N–H and O–H groups in total. The van der Waals surface area contributed by atoms with E-state index in [1.165, 1.54) is 12.3 Å². The Hall–Kier alpha value is -1.05. The molecule has 11 heavy (non-hydrogen) atoms. The highest BCUT2D eigenvalue weighted by atomic mass is 16.3. The van der Waals surface area contributed by atoms with Gasteiger partial charge < -0.3 is 4.42 Å². The van der Waals surface area contributed by atoms with Gasteiger partial charge in [0.2, 0.25) is 0 Å². The molecule has 0 amide bonds. The van der Waals surface area contributed by atoms with Crippen LogP contribution in [0.25, 0.3) is 0 Å². The second-order valence-electron chi connectivity index (χ2n) is 2.89. The molecule has 1 heterocycles. The van der Waals surface area contributed by atoms with Crippen LogP contribution in [0.15, 0.2) is 21.5 Å². The lowest BCUT2D eigenvalue weighted by Gasteiger charge is -2.11. The van der Waals surface area contributed by atoms with Crippen LogP contribution in [0.5, 0.6) is 0 Å². The topological polar surface area (TPSA) is 30.2 Å². The van der Waals surface area contributed by atoms with Crippen molar-refractivity contribution in [3.63, 3.8) is 0 Å². The molecule has 58 valence electrons. The minimum Gasteiger partial charge on any atom is -0.469 e. The van der Waals surface area contributed by atoms with E-state index >= 15 is 0 Å². The fourth-order valence-corrected chi connectivity index (χ4v) is 1.55. The Labute approximate surface area is 64.9 Å². The highest BCUT2D eigenvalue weighted by molar-refractivity contribution is 5.19. The van der Waals surface area contributed by atoms with E-state index in [0.29, 0.717) is 0 Å². The molecule has 1 aliphatic rings. The molecule has 0 bridgehead atoms. The van der Waals surface area contributed by atoms with Crippen LogP contribution in [-0.2, 0) is 12.8 Å². The van der Waals surface area contributed by atoms with Gasteiger partial charge in [0.1, 0.15) is 5.76 Å². The predicted octanol–water partition coefficient (Wildman–Crippen LogP) is 1.52. The van der Waals surface area contributed by atoms with Crippen molar-refractivity contribution in [2.75, 3.05) is 0 Å². The largest absolute Gasteiger partial charge is 0.469 e. The molecule has 1 aliphatic carbocycles. The van der Waals surface area contributed by atoms with Crippen molar-refractivity contribution < 1.29 is 4.42 Å². The zero-order valence-corrected chi connectivity index (χ0v) is 6.30. The van der Waals surface area contributed by atoms with E-state index in [2.05, 4.69) is 0 Å². The van der Waals surface area contributed by atoms with E-state index in [0.717, 1.165) is 37.0 Å². The summed E-state index contributed by atoms with van der Waals surface area (Å²) in [6, 6.07) is 1.50. The molecule has 2 heteroatoms. The first kappa shape index (κ1) is 6.65. The van der Waals surface area contributed by atoms with Crippen molar-refractivity contribution in [1.29, 1.82) is 0 Å². The van der Waals surface area contributed by atoms with Gasteiger partial charge in [-0.05, 0) is 19.3 Å². The molecule has 0 atom stereocenters.